The van der Waals surface area contributed by atoms with Crippen LogP contribution in [0.2, 0.25) is 0 Å². The minimum Gasteiger partial charge on any atom is -0.487 e. The van der Waals surface area contributed by atoms with E-state index < -0.39 is 0 Å². The Labute approximate surface area is 184 Å². The summed E-state index contributed by atoms with van der Waals surface area (Å²) in [6.45, 7) is 2.25. The lowest BCUT2D eigenvalue weighted by Gasteiger charge is -2.17. The van der Waals surface area contributed by atoms with Gasteiger partial charge in [-0.2, -0.15) is 0 Å². The number of carbonyl (C=O) groups excluding carboxylic acids is 1. The van der Waals surface area contributed by atoms with Crippen LogP contribution < -0.4 is 15.4 Å². The lowest BCUT2D eigenvalue weighted by Crippen LogP contribution is -2.14. The van der Waals surface area contributed by atoms with Gasteiger partial charge in [-0.05, 0) is 42.8 Å². The molecule has 7 nitrogen and oxygen atoms in total. The SMILES string of the molecule is Cc1cc(Nc2ncnc3ccccc23)c(NC(=O)CCl)cc1OCc1ccccn1. The molecular formula is C23H20ClN5O2. The number of hydrogen-bond donors (Lipinski definition) is 2. The summed E-state index contributed by atoms with van der Waals surface area (Å²) in [6.07, 6.45) is 3.22. The molecule has 8 heteroatoms. The van der Waals surface area contributed by atoms with Crippen LogP contribution in [0.1, 0.15) is 11.3 Å². The van der Waals surface area contributed by atoms with Crippen molar-refractivity contribution in [3.05, 3.63) is 78.4 Å². The molecule has 2 N–H and O–H groups in total. The van der Waals surface area contributed by atoms with Crippen LogP contribution in [0.3, 0.4) is 0 Å². The van der Waals surface area contributed by atoms with Gasteiger partial charge >= 0.3 is 0 Å². The predicted molar refractivity (Wildman–Crippen MR) is 122 cm³/mol. The minimum atomic E-state index is -0.322. The fourth-order valence-corrected chi connectivity index (χ4v) is 3.17. The average Bonchev–Trinajstić information content (AvgIpc) is 2.80. The minimum absolute atomic E-state index is 0.159. The van der Waals surface area contributed by atoms with Gasteiger partial charge in [0.1, 0.15) is 30.4 Å². The zero-order valence-corrected chi connectivity index (χ0v) is 17.6. The monoisotopic (exact) mass is 433 g/mol. The zero-order chi connectivity index (χ0) is 21.6. The van der Waals surface area contributed by atoms with E-state index >= 15 is 0 Å². The van der Waals surface area contributed by atoms with Crippen molar-refractivity contribution in [2.45, 2.75) is 13.5 Å². The quantitative estimate of drug-likeness (QED) is 0.406. The van der Waals surface area contributed by atoms with E-state index in [2.05, 4.69) is 25.6 Å². The summed E-state index contributed by atoms with van der Waals surface area (Å²) in [5, 5.41) is 7.00. The molecule has 0 aliphatic heterocycles. The summed E-state index contributed by atoms with van der Waals surface area (Å²) in [5.74, 6) is 0.785. The summed E-state index contributed by atoms with van der Waals surface area (Å²) in [4.78, 5) is 25.0. The molecule has 0 saturated heterocycles. The van der Waals surface area contributed by atoms with Gasteiger partial charge in [0, 0.05) is 17.6 Å². The Morgan fingerprint density at radius 2 is 1.87 bits per heavy atom. The number of halogens is 1. The average molecular weight is 434 g/mol. The number of anilines is 3. The highest BCUT2D eigenvalue weighted by Crippen LogP contribution is 2.34. The molecule has 156 valence electrons. The second-order valence-electron chi connectivity index (χ2n) is 6.82. The van der Waals surface area contributed by atoms with Crippen LogP contribution >= 0.6 is 11.6 Å². The van der Waals surface area contributed by atoms with Gasteiger partial charge in [-0.1, -0.05) is 18.2 Å². The largest absolute Gasteiger partial charge is 0.487 e. The first-order chi connectivity index (χ1) is 15.1. The summed E-state index contributed by atoms with van der Waals surface area (Å²) in [7, 11) is 0. The van der Waals surface area contributed by atoms with E-state index in [1.165, 1.54) is 6.33 Å². The van der Waals surface area contributed by atoms with E-state index in [-0.39, 0.29) is 11.8 Å². The Bertz CT molecular complexity index is 1210. The molecule has 31 heavy (non-hydrogen) atoms. The fraction of sp³-hybridized carbons (Fsp3) is 0.130. The predicted octanol–water partition coefficient (Wildman–Crippen LogP) is 4.83. The number of ether oxygens (including phenoxy) is 1. The molecule has 0 saturated carbocycles. The Balaban J connectivity index is 1.67. The summed E-state index contributed by atoms with van der Waals surface area (Å²) in [6, 6.07) is 17.0. The molecule has 4 rings (SSSR count). The van der Waals surface area contributed by atoms with Crippen LogP contribution in [-0.2, 0) is 11.4 Å². The van der Waals surface area contributed by atoms with E-state index in [1.807, 2.05) is 55.5 Å². The molecule has 0 bridgehead atoms. The van der Waals surface area contributed by atoms with Crippen molar-refractivity contribution in [3.8, 4) is 5.75 Å². The maximum Gasteiger partial charge on any atom is 0.239 e. The van der Waals surface area contributed by atoms with Crippen LogP contribution in [0.4, 0.5) is 17.2 Å². The van der Waals surface area contributed by atoms with E-state index in [1.54, 1.807) is 12.3 Å². The van der Waals surface area contributed by atoms with Gasteiger partial charge in [0.05, 0.1) is 22.6 Å². The Kier molecular flexibility index (Phi) is 6.24. The number of nitrogens with one attached hydrogen (secondary N) is 2. The molecule has 1 amide bonds. The maximum atomic E-state index is 12.0. The van der Waals surface area contributed by atoms with Crippen molar-refractivity contribution in [2.24, 2.45) is 0 Å². The molecule has 0 radical (unpaired) electrons. The normalized spacial score (nSPS) is 10.6. The van der Waals surface area contributed by atoms with Crippen LogP contribution in [0.15, 0.2) is 67.1 Å². The molecule has 0 atom stereocenters. The van der Waals surface area contributed by atoms with Crippen molar-refractivity contribution in [3.63, 3.8) is 0 Å². The first-order valence-electron chi connectivity index (χ1n) is 9.64. The van der Waals surface area contributed by atoms with Crippen LogP contribution in [-0.4, -0.2) is 26.7 Å². The van der Waals surface area contributed by atoms with Gasteiger partial charge in [0.15, 0.2) is 0 Å². The van der Waals surface area contributed by atoms with Gasteiger partial charge in [0.25, 0.3) is 0 Å². The number of rotatable bonds is 7. The van der Waals surface area contributed by atoms with E-state index in [4.69, 9.17) is 16.3 Å². The van der Waals surface area contributed by atoms with Crippen LogP contribution in [0.25, 0.3) is 10.9 Å². The number of para-hydroxylation sites is 1. The van der Waals surface area contributed by atoms with Crippen molar-refractivity contribution in [1.29, 1.82) is 0 Å². The third-order valence-corrected chi connectivity index (χ3v) is 4.85. The standard InChI is InChI=1S/C23H20ClN5O2/c1-15-10-19(29-23-17-7-2-3-8-18(17)26-14-27-23)20(28-22(30)12-24)11-21(15)31-13-16-6-4-5-9-25-16/h2-11,14H,12-13H2,1H3,(H,28,30)(H,26,27,29). The second kappa shape index (κ2) is 9.40. The number of amides is 1. The first-order valence-corrected chi connectivity index (χ1v) is 10.2. The Morgan fingerprint density at radius 1 is 1.03 bits per heavy atom. The number of aromatic nitrogens is 3. The van der Waals surface area contributed by atoms with Crippen molar-refractivity contribution in [1.82, 2.24) is 15.0 Å². The molecular weight excluding hydrogens is 414 g/mol. The number of fused-ring (bicyclic) bond motifs is 1. The third-order valence-electron chi connectivity index (χ3n) is 4.61. The van der Waals surface area contributed by atoms with Crippen LogP contribution in [0.5, 0.6) is 5.75 Å². The molecule has 0 aliphatic carbocycles. The topological polar surface area (TPSA) is 89.0 Å². The number of nitrogens with zero attached hydrogens (tertiary/aromatic N) is 3. The number of aryl methyl sites for hydroxylation is 1. The van der Waals surface area contributed by atoms with Gasteiger partial charge in [0.2, 0.25) is 5.91 Å². The Morgan fingerprint density at radius 3 is 2.68 bits per heavy atom. The van der Waals surface area contributed by atoms with Gasteiger partial charge in [-0.25, -0.2) is 9.97 Å². The lowest BCUT2D eigenvalue weighted by atomic mass is 10.1. The van der Waals surface area contributed by atoms with Crippen LogP contribution in [0, 0.1) is 6.92 Å². The summed E-state index contributed by atoms with van der Waals surface area (Å²) < 4.78 is 5.95. The molecule has 0 fully saturated rings. The number of benzene rings is 2. The summed E-state index contributed by atoms with van der Waals surface area (Å²) in [5.41, 5.74) is 3.72. The molecule has 2 heterocycles. The molecule has 0 spiro atoms. The molecule has 0 unspecified atom stereocenters. The van der Waals surface area contributed by atoms with E-state index in [0.29, 0.717) is 29.5 Å². The number of pyridine rings is 1. The highest BCUT2D eigenvalue weighted by molar-refractivity contribution is 6.29. The summed E-state index contributed by atoms with van der Waals surface area (Å²) >= 11 is 5.71. The Hall–Kier alpha value is -3.71. The number of alkyl halides is 1. The lowest BCUT2D eigenvalue weighted by molar-refractivity contribution is -0.113. The molecule has 4 aromatic rings. The molecule has 2 aromatic heterocycles. The maximum absolute atomic E-state index is 12.0. The second-order valence-corrected chi connectivity index (χ2v) is 7.09. The van der Waals surface area contributed by atoms with E-state index in [9.17, 15) is 4.79 Å². The zero-order valence-electron chi connectivity index (χ0n) is 16.8. The number of hydrogen-bond acceptors (Lipinski definition) is 6. The highest BCUT2D eigenvalue weighted by Gasteiger charge is 2.14. The fourth-order valence-electron chi connectivity index (χ4n) is 3.10. The van der Waals surface area contributed by atoms with Gasteiger partial charge in [-0.3, -0.25) is 9.78 Å². The van der Waals surface area contributed by atoms with Gasteiger partial charge < -0.3 is 15.4 Å². The van der Waals surface area contributed by atoms with Gasteiger partial charge in [-0.15, -0.1) is 11.6 Å². The first kappa shape index (κ1) is 20.6. The third kappa shape index (κ3) is 4.90. The van der Waals surface area contributed by atoms with Crippen molar-refractivity contribution >= 4 is 45.6 Å². The molecule has 2 aromatic carbocycles. The van der Waals surface area contributed by atoms with Crippen molar-refractivity contribution < 1.29 is 9.53 Å². The van der Waals surface area contributed by atoms with Crippen molar-refractivity contribution in [2.75, 3.05) is 16.5 Å². The smallest absolute Gasteiger partial charge is 0.239 e. The molecule has 0 aliphatic rings. The highest BCUT2D eigenvalue weighted by atomic mass is 35.5. The van der Waals surface area contributed by atoms with E-state index in [0.717, 1.165) is 22.2 Å². The number of carbonyl (C=O) groups is 1.